The van der Waals surface area contributed by atoms with E-state index in [1.807, 2.05) is 0 Å². The molecule has 3 N–H and O–H groups in total. The van der Waals surface area contributed by atoms with Crippen LogP contribution >= 0.6 is 0 Å². The molecule has 1 aliphatic heterocycles. The lowest BCUT2D eigenvalue weighted by Gasteiger charge is -2.55. The molecular formula is C17H33N3O. The minimum atomic E-state index is 0.209. The number of likely N-dealkylation sites (N-methyl/N-ethyl adjacent to an activating group) is 1. The summed E-state index contributed by atoms with van der Waals surface area (Å²) in [6.07, 6.45) is 12.8. The van der Waals surface area contributed by atoms with Gasteiger partial charge in [0.15, 0.2) is 0 Å². The summed E-state index contributed by atoms with van der Waals surface area (Å²) in [6, 6.07) is 0.397. The Morgan fingerprint density at radius 3 is 2.33 bits per heavy atom. The molecule has 4 heteroatoms. The zero-order valence-electron chi connectivity index (χ0n) is 13.9. The third-order valence-corrected chi connectivity index (χ3v) is 6.64. The Hall–Kier alpha value is -0.160. The fourth-order valence-corrected chi connectivity index (χ4v) is 5.20. The van der Waals surface area contributed by atoms with Crippen molar-refractivity contribution in [1.29, 1.82) is 0 Å². The van der Waals surface area contributed by atoms with Crippen LogP contribution in [0.4, 0.5) is 0 Å². The van der Waals surface area contributed by atoms with Crippen molar-refractivity contribution in [2.24, 2.45) is 11.8 Å². The van der Waals surface area contributed by atoms with E-state index in [1.165, 1.54) is 57.8 Å². The van der Waals surface area contributed by atoms with E-state index in [0.29, 0.717) is 12.0 Å². The largest absolute Gasteiger partial charge is 0.375 e. The van der Waals surface area contributed by atoms with Gasteiger partial charge >= 0.3 is 0 Å². The van der Waals surface area contributed by atoms with Crippen molar-refractivity contribution in [2.45, 2.75) is 81.4 Å². The van der Waals surface area contributed by atoms with Gasteiger partial charge in [-0.1, -0.05) is 19.3 Å². The second kappa shape index (κ2) is 6.15. The number of nitrogens with zero attached hydrogens (tertiary/aromatic N) is 1. The molecule has 2 aliphatic carbocycles. The molecule has 0 aromatic carbocycles. The molecular weight excluding hydrogens is 262 g/mol. The Bertz CT molecular complexity index is 348. The molecule has 3 rings (SSSR count). The first-order valence-corrected chi connectivity index (χ1v) is 8.89. The van der Waals surface area contributed by atoms with E-state index in [-0.39, 0.29) is 11.1 Å². The molecule has 1 heterocycles. The van der Waals surface area contributed by atoms with Crippen LogP contribution in [0.25, 0.3) is 0 Å². The molecule has 1 spiro atoms. The Balaban J connectivity index is 1.78. The quantitative estimate of drug-likeness (QED) is 0.618. The topological polar surface area (TPSA) is 50.5 Å². The second-order valence-corrected chi connectivity index (χ2v) is 7.84. The van der Waals surface area contributed by atoms with Gasteiger partial charge in [0.25, 0.3) is 0 Å². The van der Waals surface area contributed by atoms with E-state index in [1.54, 1.807) is 0 Å². The van der Waals surface area contributed by atoms with Crippen molar-refractivity contribution in [1.82, 2.24) is 10.3 Å². The van der Waals surface area contributed by atoms with Crippen LogP contribution in [0.5, 0.6) is 0 Å². The van der Waals surface area contributed by atoms with Crippen LogP contribution in [0.2, 0.25) is 0 Å². The highest BCUT2D eigenvalue weighted by atomic mass is 16.5. The highest BCUT2D eigenvalue weighted by Gasteiger charge is 2.50. The smallest absolute Gasteiger partial charge is 0.0685 e. The normalized spacial score (nSPS) is 32.9. The lowest BCUT2D eigenvalue weighted by molar-refractivity contribution is -0.154. The third kappa shape index (κ3) is 2.76. The highest BCUT2D eigenvalue weighted by Crippen LogP contribution is 2.48. The van der Waals surface area contributed by atoms with Gasteiger partial charge in [-0.2, -0.15) is 0 Å². The fourth-order valence-electron chi connectivity index (χ4n) is 5.20. The zero-order valence-corrected chi connectivity index (χ0v) is 13.9. The third-order valence-electron chi connectivity index (χ3n) is 6.64. The number of nitrogens with two attached hydrogens (primary N) is 1. The first-order chi connectivity index (χ1) is 10.1. The lowest BCUT2D eigenvalue weighted by atomic mass is 9.64. The molecule has 4 nitrogen and oxygen atoms in total. The molecule has 122 valence electrons. The van der Waals surface area contributed by atoms with Gasteiger partial charge < -0.3 is 9.64 Å². The van der Waals surface area contributed by atoms with Crippen LogP contribution < -0.4 is 11.3 Å². The maximum atomic E-state index is 6.12. The standard InChI is InChI=1S/C17H33N3O/c1-20(2)17(10-4-3-5-11-17)15(19-18)14-7-12-21-16(13-14)8-6-9-16/h14-15,19H,3-13,18H2,1-2H3. The van der Waals surface area contributed by atoms with Crippen molar-refractivity contribution < 1.29 is 4.74 Å². The fraction of sp³-hybridized carbons (Fsp3) is 1.00. The maximum Gasteiger partial charge on any atom is 0.0685 e. The summed E-state index contributed by atoms with van der Waals surface area (Å²) in [7, 11) is 4.49. The molecule has 0 amide bonds. The summed E-state index contributed by atoms with van der Waals surface area (Å²) >= 11 is 0. The summed E-state index contributed by atoms with van der Waals surface area (Å²) in [6.45, 7) is 0.923. The van der Waals surface area contributed by atoms with Gasteiger partial charge in [0.05, 0.1) is 5.60 Å². The Morgan fingerprint density at radius 2 is 1.81 bits per heavy atom. The molecule has 0 aromatic heterocycles. The van der Waals surface area contributed by atoms with Gasteiger partial charge in [0, 0.05) is 18.2 Å². The molecule has 21 heavy (non-hydrogen) atoms. The monoisotopic (exact) mass is 295 g/mol. The average molecular weight is 295 g/mol. The molecule has 2 atom stereocenters. The zero-order chi connectivity index (χ0) is 14.9. The minimum Gasteiger partial charge on any atom is -0.375 e. The van der Waals surface area contributed by atoms with Crippen molar-refractivity contribution in [3.63, 3.8) is 0 Å². The van der Waals surface area contributed by atoms with Crippen LogP contribution in [-0.2, 0) is 4.74 Å². The van der Waals surface area contributed by atoms with E-state index >= 15 is 0 Å². The summed E-state index contributed by atoms with van der Waals surface area (Å²) < 4.78 is 6.12. The van der Waals surface area contributed by atoms with Crippen LogP contribution in [0.15, 0.2) is 0 Å². The predicted molar refractivity (Wildman–Crippen MR) is 85.9 cm³/mol. The van der Waals surface area contributed by atoms with Gasteiger partial charge in [-0.15, -0.1) is 0 Å². The predicted octanol–water partition coefficient (Wildman–Crippen LogP) is 2.43. The van der Waals surface area contributed by atoms with Crippen molar-refractivity contribution in [3.05, 3.63) is 0 Å². The van der Waals surface area contributed by atoms with Crippen LogP contribution in [0.3, 0.4) is 0 Å². The number of hydrogen-bond acceptors (Lipinski definition) is 4. The van der Waals surface area contributed by atoms with Gasteiger partial charge in [-0.25, -0.2) is 0 Å². The average Bonchev–Trinajstić information content (AvgIpc) is 2.47. The van der Waals surface area contributed by atoms with Crippen molar-refractivity contribution >= 4 is 0 Å². The van der Waals surface area contributed by atoms with Gasteiger partial charge in [-0.3, -0.25) is 11.3 Å². The van der Waals surface area contributed by atoms with Crippen LogP contribution in [-0.4, -0.2) is 42.8 Å². The first kappa shape index (κ1) is 15.7. The molecule has 0 aromatic rings. The molecule has 2 unspecified atom stereocenters. The maximum absolute atomic E-state index is 6.12. The van der Waals surface area contributed by atoms with Crippen LogP contribution in [0, 0.1) is 5.92 Å². The van der Waals surface area contributed by atoms with E-state index in [4.69, 9.17) is 10.6 Å². The van der Waals surface area contributed by atoms with Gasteiger partial charge in [0.2, 0.25) is 0 Å². The Labute approximate surface area is 129 Å². The van der Waals surface area contributed by atoms with E-state index in [9.17, 15) is 0 Å². The highest BCUT2D eigenvalue weighted by molar-refractivity contribution is 5.06. The first-order valence-electron chi connectivity index (χ1n) is 8.89. The molecule has 3 aliphatic rings. The number of hydrazine groups is 1. The number of hydrogen-bond donors (Lipinski definition) is 2. The Morgan fingerprint density at radius 1 is 1.10 bits per heavy atom. The summed E-state index contributed by atoms with van der Waals surface area (Å²) in [4.78, 5) is 2.46. The summed E-state index contributed by atoms with van der Waals surface area (Å²) in [5.41, 5.74) is 3.70. The lowest BCUT2D eigenvalue weighted by Crippen LogP contribution is -2.66. The Kier molecular flexibility index (Phi) is 4.60. The van der Waals surface area contributed by atoms with Crippen LogP contribution in [0.1, 0.15) is 64.2 Å². The summed E-state index contributed by atoms with van der Waals surface area (Å²) in [5, 5.41) is 0. The van der Waals surface area contributed by atoms with E-state index in [0.717, 1.165) is 13.0 Å². The van der Waals surface area contributed by atoms with Gasteiger partial charge in [0.1, 0.15) is 0 Å². The SMILES string of the molecule is CN(C)C1(C(NN)C2CCOC3(CCC3)C2)CCCCC1. The number of ether oxygens (including phenoxy) is 1. The van der Waals surface area contributed by atoms with E-state index < -0.39 is 0 Å². The van der Waals surface area contributed by atoms with E-state index in [2.05, 4.69) is 24.4 Å². The second-order valence-electron chi connectivity index (χ2n) is 7.84. The van der Waals surface area contributed by atoms with Gasteiger partial charge in [-0.05, 0) is 65.0 Å². The molecule has 1 saturated heterocycles. The summed E-state index contributed by atoms with van der Waals surface area (Å²) in [5.74, 6) is 6.74. The minimum absolute atomic E-state index is 0.209. The van der Waals surface area contributed by atoms with Crippen molar-refractivity contribution in [3.8, 4) is 0 Å². The molecule has 0 bridgehead atoms. The molecule has 0 radical (unpaired) electrons. The molecule has 2 saturated carbocycles. The molecule has 3 fully saturated rings. The number of rotatable bonds is 4. The number of nitrogens with one attached hydrogen (secondary N) is 1. The van der Waals surface area contributed by atoms with Crippen molar-refractivity contribution in [2.75, 3.05) is 20.7 Å².